The van der Waals surface area contributed by atoms with Gasteiger partial charge in [-0.25, -0.2) is 0 Å². The van der Waals surface area contributed by atoms with E-state index >= 15 is 0 Å². The average molecular weight is 376 g/mol. The normalized spacial score (nSPS) is 35.1. The molecule has 0 spiro atoms. The molecular formula is C18H22BrN3O. The lowest BCUT2D eigenvalue weighted by Gasteiger charge is -2.57. The van der Waals surface area contributed by atoms with Crippen molar-refractivity contribution < 1.29 is 4.74 Å². The predicted octanol–water partition coefficient (Wildman–Crippen LogP) is 4.48. The first kappa shape index (κ1) is 14.3. The van der Waals surface area contributed by atoms with Gasteiger partial charge in [-0.1, -0.05) is 0 Å². The molecule has 2 heterocycles. The highest BCUT2D eigenvalue weighted by Gasteiger charge is 2.50. The number of hydrogen-bond donors (Lipinski definition) is 0. The molecule has 4 aliphatic rings. The summed E-state index contributed by atoms with van der Waals surface area (Å²) in [5, 5.41) is 8.02. The molecule has 4 nitrogen and oxygen atoms in total. The number of nitrogens with zero attached hydrogens (tertiary/aromatic N) is 3. The van der Waals surface area contributed by atoms with Crippen LogP contribution in [-0.2, 0) is 0 Å². The minimum absolute atomic E-state index is 0.584. The number of pyridine rings is 1. The number of hydrogen-bond acceptors (Lipinski definition) is 3. The van der Waals surface area contributed by atoms with Gasteiger partial charge in [0.15, 0.2) is 5.65 Å². The Morgan fingerprint density at radius 2 is 1.87 bits per heavy atom. The van der Waals surface area contributed by atoms with Crippen molar-refractivity contribution in [3.8, 4) is 5.75 Å². The van der Waals surface area contributed by atoms with Crippen LogP contribution in [0.15, 0.2) is 23.1 Å². The zero-order valence-corrected chi connectivity index (χ0v) is 14.8. The molecule has 122 valence electrons. The lowest BCUT2D eigenvalue weighted by atomic mass is 9.49. The molecule has 23 heavy (non-hydrogen) atoms. The lowest BCUT2D eigenvalue weighted by molar-refractivity contribution is -0.0623. The summed E-state index contributed by atoms with van der Waals surface area (Å²) >= 11 is 3.59. The van der Waals surface area contributed by atoms with E-state index in [-0.39, 0.29) is 0 Å². The van der Waals surface area contributed by atoms with E-state index in [1.54, 1.807) is 6.33 Å². The van der Waals surface area contributed by atoms with E-state index in [9.17, 15) is 0 Å². The summed E-state index contributed by atoms with van der Waals surface area (Å²) in [6, 6.07) is 1.97. The fourth-order valence-electron chi connectivity index (χ4n) is 5.91. The highest BCUT2D eigenvalue weighted by atomic mass is 79.9. The van der Waals surface area contributed by atoms with E-state index in [1.807, 2.05) is 16.7 Å². The number of halogens is 1. The summed E-state index contributed by atoms with van der Waals surface area (Å²) in [7, 11) is 0. The van der Waals surface area contributed by atoms with E-state index in [0.717, 1.165) is 40.2 Å². The molecule has 0 atom stereocenters. The van der Waals surface area contributed by atoms with Crippen LogP contribution >= 0.6 is 15.9 Å². The van der Waals surface area contributed by atoms with Gasteiger partial charge in [-0.3, -0.25) is 4.40 Å². The van der Waals surface area contributed by atoms with Gasteiger partial charge in [0.25, 0.3) is 0 Å². The molecule has 4 aliphatic carbocycles. The van der Waals surface area contributed by atoms with Gasteiger partial charge in [-0.15, -0.1) is 10.2 Å². The second-order valence-corrected chi connectivity index (χ2v) is 8.95. The van der Waals surface area contributed by atoms with Crippen LogP contribution in [0.5, 0.6) is 5.75 Å². The van der Waals surface area contributed by atoms with Gasteiger partial charge in [0.1, 0.15) is 12.1 Å². The third kappa shape index (κ3) is 2.48. The van der Waals surface area contributed by atoms with Crippen molar-refractivity contribution in [2.24, 2.45) is 23.2 Å². The van der Waals surface area contributed by atoms with Crippen LogP contribution in [0, 0.1) is 23.2 Å². The van der Waals surface area contributed by atoms with Gasteiger partial charge < -0.3 is 4.74 Å². The van der Waals surface area contributed by atoms with Crippen molar-refractivity contribution in [1.82, 2.24) is 14.6 Å². The smallest absolute Gasteiger partial charge is 0.164 e. The molecule has 2 aromatic heterocycles. The van der Waals surface area contributed by atoms with Crippen LogP contribution in [0.4, 0.5) is 0 Å². The molecule has 0 radical (unpaired) electrons. The molecule has 0 saturated heterocycles. The zero-order valence-electron chi connectivity index (χ0n) is 13.2. The Morgan fingerprint density at radius 1 is 1.17 bits per heavy atom. The van der Waals surface area contributed by atoms with Crippen LogP contribution in [0.3, 0.4) is 0 Å². The van der Waals surface area contributed by atoms with Crippen molar-refractivity contribution in [3.05, 3.63) is 23.1 Å². The van der Waals surface area contributed by atoms with Crippen LogP contribution in [0.25, 0.3) is 5.65 Å². The summed E-state index contributed by atoms with van der Waals surface area (Å²) in [4.78, 5) is 0. The summed E-state index contributed by atoms with van der Waals surface area (Å²) in [5.41, 5.74) is 1.42. The van der Waals surface area contributed by atoms with Gasteiger partial charge in [-0.2, -0.15) is 0 Å². The predicted molar refractivity (Wildman–Crippen MR) is 91.4 cm³/mol. The van der Waals surface area contributed by atoms with Crippen molar-refractivity contribution in [3.63, 3.8) is 0 Å². The molecule has 6 rings (SSSR count). The Balaban J connectivity index is 1.28. The monoisotopic (exact) mass is 375 g/mol. The molecule has 0 amide bonds. The SMILES string of the molecule is Brc1cn2cnnc2cc1OCCC12CC3CC(CC(C3)C1)C2. The summed E-state index contributed by atoms with van der Waals surface area (Å²) in [6.45, 7) is 0.815. The molecule has 0 aliphatic heterocycles. The van der Waals surface area contributed by atoms with E-state index in [0.29, 0.717) is 5.41 Å². The van der Waals surface area contributed by atoms with Crippen molar-refractivity contribution in [2.75, 3.05) is 6.61 Å². The van der Waals surface area contributed by atoms with Crippen LogP contribution in [-0.4, -0.2) is 21.2 Å². The minimum Gasteiger partial charge on any atom is -0.492 e. The Labute approximate surface area is 144 Å². The van der Waals surface area contributed by atoms with Crippen molar-refractivity contribution in [1.29, 1.82) is 0 Å². The van der Waals surface area contributed by atoms with E-state index in [1.165, 1.54) is 44.9 Å². The third-order valence-corrected chi connectivity index (χ3v) is 7.00. The Hall–Kier alpha value is -1.10. The first-order chi connectivity index (χ1) is 11.2. The highest BCUT2D eigenvalue weighted by molar-refractivity contribution is 9.10. The molecule has 4 bridgehead atoms. The lowest BCUT2D eigenvalue weighted by Crippen LogP contribution is -2.46. The third-order valence-electron chi connectivity index (χ3n) is 6.40. The van der Waals surface area contributed by atoms with Crippen LogP contribution < -0.4 is 4.74 Å². The number of aromatic nitrogens is 3. The number of ether oxygens (including phenoxy) is 1. The Kier molecular flexibility index (Phi) is 3.22. The standard InChI is InChI=1S/C18H22BrN3O/c19-15-10-22-11-20-21-17(22)6-16(15)23-2-1-18-7-12-3-13(8-18)5-14(4-12)9-18/h6,10-14H,1-5,7-9H2. The maximum absolute atomic E-state index is 6.13. The van der Waals surface area contributed by atoms with Gasteiger partial charge in [-0.05, 0) is 84.0 Å². The zero-order chi connectivity index (χ0) is 15.4. The average Bonchev–Trinajstić information content (AvgIpc) is 2.93. The summed E-state index contributed by atoms with van der Waals surface area (Å²) in [5.74, 6) is 3.93. The Bertz CT molecular complexity index is 706. The molecular weight excluding hydrogens is 354 g/mol. The van der Waals surface area contributed by atoms with Crippen molar-refractivity contribution >= 4 is 21.6 Å². The quantitative estimate of drug-likeness (QED) is 0.790. The molecule has 0 aromatic carbocycles. The first-order valence-electron chi connectivity index (χ1n) is 8.81. The number of fused-ring (bicyclic) bond motifs is 1. The first-order valence-corrected chi connectivity index (χ1v) is 9.60. The van der Waals surface area contributed by atoms with Crippen molar-refractivity contribution in [2.45, 2.75) is 44.9 Å². The molecule has 4 saturated carbocycles. The van der Waals surface area contributed by atoms with Gasteiger partial charge >= 0.3 is 0 Å². The van der Waals surface area contributed by atoms with Crippen LogP contribution in [0.2, 0.25) is 0 Å². The van der Waals surface area contributed by atoms with E-state index in [2.05, 4.69) is 26.1 Å². The van der Waals surface area contributed by atoms with Crippen LogP contribution in [0.1, 0.15) is 44.9 Å². The Morgan fingerprint density at radius 3 is 2.57 bits per heavy atom. The molecule has 5 heteroatoms. The molecule has 4 fully saturated rings. The van der Waals surface area contributed by atoms with E-state index < -0.39 is 0 Å². The van der Waals surface area contributed by atoms with Gasteiger partial charge in [0.05, 0.1) is 11.1 Å². The maximum atomic E-state index is 6.13. The highest BCUT2D eigenvalue weighted by Crippen LogP contribution is 2.61. The second-order valence-electron chi connectivity index (χ2n) is 8.10. The number of rotatable bonds is 4. The van der Waals surface area contributed by atoms with Gasteiger partial charge in [0.2, 0.25) is 0 Å². The minimum atomic E-state index is 0.584. The fourth-order valence-corrected chi connectivity index (χ4v) is 6.36. The van der Waals surface area contributed by atoms with E-state index in [4.69, 9.17) is 4.74 Å². The molecule has 0 N–H and O–H groups in total. The van der Waals surface area contributed by atoms with Gasteiger partial charge in [0, 0.05) is 12.3 Å². The molecule has 2 aromatic rings. The fraction of sp³-hybridized carbons (Fsp3) is 0.667. The second kappa shape index (κ2) is 5.20. The summed E-state index contributed by atoms with van der Waals surface area (Å²) in [6.07, 6.45) is 13.8. The topological polar surface area (TPSA) is 39.4 Å². The summed E-state index contributed by atoms with van der Waals surface area (Å²) < 4.78 is 8.99. The molecule has 0 unspecified atom stereocenters. The largest absolute Gasteiger partial charge is 0.492 e. The maximum Gasteiger partial charge on any atom is 0.164 e.